The van der Waals surface area contributed by atoms with Crippen molar-refractivity contribution >= 4 is 0 Å². The molecule has 0 aliphatic rings. The van der Waals surface area contributed by atoms with Gasteiger partial charge in [-0.2, -0.15) is 0 Å². The number of nitrogens with two attached hydrogens (primary N) is 1. The van der Waals surface area contributed by atoms with Crippen LogP contribution in [0.4, 0.5) is 13.2 Å². The summed E-state index contributed by atoms with van der Waals surface area (Å²) in [5.41, 5.74) is 7.74. The zero-order valence-corrected chi connectivity index (χ0v) is 10.5. The molecule has 0 saturated carbocycles. The van der Waals surface area contributed by atoms with Crippen LogP contribution in [0.2, 0.25) is 0 Å². The van der Waals surface area contributed by atoms with Crippen LogP contribution < -0.4 is 5.73 Å². The van der Waals surface area contributed by atoms with E-state index in [0.717, 1.165) is 17.7 Å². The summed E-state index contributed by atoms with van der Waals surface area (Å²) in [6.07, 6.45) is 0.248. The molecule has 100 valence electrons. The standard InChI is InChI=1S/C15H14F3N/c1-9-2-4-12(16)11(6-9)15(19)8-10-3-5-13(17)14(18)7-10/h2-7,15H,8,19H2,1H3. The second kappa shape index (κ2) is 5.45. The fraction of sp³-hybridized carbons (Fsp3) is 0.200. The molecule has 0 aromatic heterocycles. The van der Waals surface area contributed by atoms with Gasteiger partial charge in [-0.15, -0.1) is 0 Å². The molecule has 1 unspecified atom stereocenters. The van der Waals surface area contributed by atoms with Crippen LogP contribution in [0, 0.1) is 24.4 Å². The molecule has 0 heterocycles. The summed E-state index contributed by atoms with van der Waals surface area (Å²) in [4.78, 5) is 0. The van der Waals surface area contributed by atoms with Crippen molar-refractivity contribution in [1.82, 2.24) is 0 Å². The van der Waals surface area contributed by atoms with E-state index in [1.54, 1.807) is 12.1 Å². The summed E-state index contributed by atoms with van der Waals surface area (Å²) >= 11 is 0. The third-order valence-corrected chi connectivity index (χ3v) is 2.99. The maximum absolute atomic E-state index is 13.7. The number of hydrogen-bond acceptors (Lipinski definition) is 1. The van der Waals surface area contributed by atoms with E-state index in [-0.39, 0.29) is 12.2 Å². The quantitative estimate of drug-likeness (QED) is 0.900. The highest BCUT2D eigenvalue weighted by molar-refractivity contribution is 5.29. The van der Waals surface area contributed by atoms with Crippen LogP contribution >= 0.6 is 0 Å². The minimum absolute atomic E-state index is 0.248. The van der Waals surface area contributed by atoms with E-state index in [0.29, 0.717) is 11.1 Å². The molecule has 0 radical (unpaired) electrons. The van der Waals surface area contributed by atoms with E-state index in [4.69, 9.17) is 5.73 Å². The molecule has 2 N–H and O–H groups in total. The molecule has 2 rings (SSSR count). The van der Waals surface area contributed by atoms with Crippen LogP contribution in [0.15, 0.2) is 36.4 Å². The van der Waals surface area contributed by atoms with Gasteiger partial charge in [0.15, 0.2) is 11.6 Å². The predicted molar refractivity (Wildman–Crippen MR) is 68.1 cm³/mol. The zero-order valence-electron chi connectivity index (χ0n) is 10.5. The van der Waals surface area contributed by atoms with Gasteiger partial charge in [0.2, 0.25) is 0 Å². The fourth-order valence-electron chi connectivity index (χ4n) is 1.98. The highest BCUT2D eigenvalue weighted by atomic mass is 19.2. The summed E-state index contributed by atoms with van der Waals surface area (Å²) in [5.74, 6) is -2.21. The van der Waals surface area contributed by atoms with Crippen LogP contribution in [-0.2, 0) is 6.42 Å². The Morgan fingerprint density at radius 1 is 0.947 bits per heavy atom. The normalized spacial score (nSPS) is 12.5. The molecule has 19 heavy (non-hydrogen) atoms. The lowest BCUT2D eigenvalue weighted by Crippen LogP contribution is -2.15. The smallest absolute Gasteiger partial charge is 0.159 e. The first-order valence-corrected chi connectivity index (χ1v) is 5.93. The highest BCUT2D eigenvalue weighted by Gasteiger charge is 2.13. The van der Waals surface area contributed by atoms with E-state index in [2.05, 4.69) is 0 Å². The van der Waals surface area contributed by atoms with Gasteiger partial charge < -0.3 is 5.73 Å². The molecule has 0 saturated heterocycles. The Labute approximate surface area is 109 Å². The first-order chi connectivity index (χ1) is 8.97. The molecule has 2 aromatic carbocycles. The topological polar surface area (TPSA) is 26.0 Å². The monoisotopic (exact) mass is 265 g/mol. The number of hydrogen-bond donors (Lipinski definition) is 1. The maximum atomic E-state index is 13.7. The Kier molecular flexibility index (Phi) is 3.90. The van der Waals surface area contributed by atoms with Gasteiger partial charge in [-0.3, -0.25) is 0 Å². The maximum Gasteiger partial charge on any atom is 0.159 e. The van der Waals surface area contributed by atoms with Gasteiger partial charge in [0.1, 0.15) is 5.82 Å². The van der Waals surface area contributed by atoms with E-state index in [9.17, 15) is 13.2 Å². The van der Waals surface area contributed by atoms with Gasteiger partial charge in [0.05, 0.1) is 0 Å². The third kappa shape index (κ3) is 3.15. The van der Waals surface area contributed by atoms with E-state index >= 15 is 0 Å². The Morgan fingerprint density at radius 3 is 2.32 bits per heavy atom. The number of aryl methyl sites for hydroxylation is 1. The molecule has 2 aromatic rings. The van der Waals surface area contributed by atoms with Crippen molar-refractivity contribution in [2.75, 3.05) is 0 Å². The predicted octanol–water partition coefficient (Wildman–Crippen LogP) is 3.65. The van der Waals surface area contributed by atoms with Crippen LogP contribution in [0.5, 0.6) is 0 Å². The van der Waals surface area contributed by atoms with E-state index < -0.39 is 17.7 Å². The molecule has 0 fully saturated rings. The summed E-state index contributed by atoms with van der Waals surface area (Å²) in [6, 6.07) is 7.67. The van der Waals surface area contributed by atoms with Crippen molar-refractivity contribution in [2.24, 2.45) is 5.73 Å². The molecule has 4 heteroatoms. The Hall–Kier alpha value is -1.81. The number of rotatable bonds is 3. The van der Waals surface area contributed by atoms with Gasteiger partial charge in [-0.05, 0) is 37.1 Å². The summed E-state index contributed by atoms with van der Waals surface area (Å²) in [7, 11) is 0. The van der Waals surface area contributed by atoms with Crippen LogP contribution in [0.25, 0.3) is 0 Å². The zero-order chi connectivity index (χ0) is 14.0. The first-order valence-electron chi connectivity index (χ1n) is 5.93. The lowest BCUT2D eigenvalue weighted by atomic mass is 9.98. The first kappa shape index (κ1) is 13.6. The van der Waals surface area contributed by atoms with E-state index in [1.807, 2.05) is 6.92 Å². The van der Waals surface area contributed by atoms with Gasteiger partial charge in [0.25, 0.3) is 0 Å². The van der Waals surface area contributed by atoms with Crippen molar-refractivity contribution in [3.63, 3.8) is 0 Å². The molecular formula is C15H14F3N. The number of benzene rings is 2. The average Bonchev–Trinajstić information content (AvgIpc) is 2.36. The van der Waals surface area contributed by atoms with Gasteiger partial charge >= 0.3 is 0 Å². The molecule has 1 atom stereocenters. The molecule has 0 amide bonds. The summed E-state index contributed by atoms with van der Waals surface area (Å²) in [5, 5.41) is 0. The van der Waals surface area contributed by atoms with Gasteiger partial charge in [-0.25, -0.2) is 13.2 Å². The second-order valence-electron chi connectivity index (χ2n) is 4.58. The minimum Gasteiger partial charge on any atom is -0.324 e. The lowest BCUT2D eigenvalue weighted by Gasteiger charge is -2.14. The average molecular weight is 265 g/mol. The van der Waals surface area contributed by atoms with Crippen molar-refractivity contribution in [1.29, 1.82) is 0 Å². The Bertz CT molecular complexity index is 596. The molecule has 1 nitrogen and oxygen atoms in total. The molecule has 0 aliphatic heterocycles. The molecule has 0 spiro atoms. The van der Waals surface area contributed by atoms with Crippen LogP contribution in [-0.4, -0.2) is 0 Å². The molecule has 0 aliphatic carbocycles. The highest BCUT2D eigenvalue weighted by Crippen LogP contribution is 2.21. The molecular weight excluding hydrogens is 251 g/mol. The second-order valence-corrected chi connectivity index (χ2v) is 4.58. The van der Waals surface area contributed by atoms with Crippen molar-refractivity contribution in [3.8, 4) is 0 Å². The van der Waals surface area contributed by atoms with E-state index in [1.165, 1.54) is 12.1 Å². The lowest BCUT2D eigenvalue weighted by molar-refractivity contribution is 0.505. The molecule has 0 bridgehead atoms. The Morgan fingerprint density at radius 2 is 1.63 bits per heavy atom. The fourth-order valence-corrected chi connectivity index (χ4v) is 1.98. The van der Waals surface area contributed by atoms with Crippen molar-refractivity contribution in [2.45, 2.75) is 19.4 Å². The van der Waals surface area contributed by atoms with Crippen molar-refractivity contribution < 1.29 is 13.2 Å². The third-order valence-electron chi connectivity index (χ3n) is 2.99. The minimum atomic E-state index is -0.922. The SMILES string of the molecule is Cc1ccc(F)c(C(N)Cc2ccc(F)c(F)c2)c1. The Balaban J connectivity index is 2.22. The largest absolute Gasteiger partial charge is 0.324 e. The van der Waals surface area contributed by atoms with Crippen molar-refractivity contribution in [3.05, 3.63) is 70.5 Å². The number of halogens is 3. The van der Waals surface area contributed by atoms with Crippen LogP contribution in [0.3, 0.4) is 0 Å². The summed E-state index contributed by atoms with van der Waals surface area (Å²) < 4.78 is 39.5. The van der Waals surface area contributed by atoms with Gasteiger partial charge in [0, 0.05) is 11.6 Å². The summed E-state index contributed by atoms with van der Waals surface area (Å²) in [6.45, 7) is 1.84. The van der Waals surface area contributed by atoms with Crippen LogP contribution in [0.1, 0.15) is 22.7 Å². The van der Waals surface area contributed by atoms with Gasteiger partial charge in [-0.1, -0.05) is 23.8 Å².